The molecule has 0 amide bonds. The molecule has 0 spiro atoms. The van der Waals surface area contributed by atoms with Crippen molar-refractivity contribution in [3.63, 3.8) is 0 Å². The average Bonchev–Trinajstić information content (AvgIpc) is 1.58. The molecule has 83 heavy (non-hydrogen) atoms. The molecule has 3 nitrogen and oxygen atoms in total. The molecule has 2 atom stereocenters. The lowest BCUT2D eigenvalue weighted by Gasteiger charge is -2.53. The lowest BCUT2D eigenvalue weighted by molar-refractivity contribution is 0.195. The van der Waals surface area contributed by atoms with Crippen molar-refractivity contribution in [2.45, 2.75) is 201 Å². The highest BCUT2D eigenvalue weighted by molar-refractivity contribution is 7.00. The van der Waals surface area contributed by atoms with E-state index in [2.05, 4.69) is 298 Å². The minimum atomic E-state index is -0.213. The van der Waals surface area contributed by atoms with Crippen molar-refractivity contribution in [3.05, 3.63) is 196 Å². The Morgan fingerprint density at radius 3 is 1.49 bits per heavy atom. The summed E-state index contributed by atoms with van der Waals surface area (Å²) in [4.78, 5) is 8.27. The summed E-state index contributed by atoms with van der Waals surface area (Å²) >= 11 is 0. The highest BCUT2D eigenvalue weighted by atomic mass is 15.3. The van der Waals surface area contributed by atoms with E-state index in [9.17, 15) is 0 Å². The van der Waals surface area contributed by atoms with Gasteiger partial charge in [0.1, 0.15) is 0 Å². The largest absolute Gasteiger partial charge is 0.335 e. The monoisotopic (exact) mass is 1090 g/mol. The van der Waals surface area contributed by atoms with Gasteiger partial charge >= 0.3 is 0 Å². The van der Waals surface area contributed by atoms with Gasteiger partial charge in [-0.15, -0.1) is 0 Å². The van der Waals surface area contributed by atoms with Crippen molar-refractivity contribution in [2.75, 3.05) is 14.7 Å². The Labute approximate surface area is 499 Å². The smallest absolute Gasteiger partial charge is 0.252 e. The molecule has 2 aliphatic carbocycles. The summed E-state index contributed by atoms with van der Waals surface area (Å²) < 4.78 is 0. The molecule has 2 unspecified atom stereocenters. The Bertz CT molecular complexity index is 3880. The molecule has 13 rings (SSSR count). The van der Waals surface area contributed by atoms with Crippen molar-refractivity contribution in [1.29, 1.82) is 0 Å². The fourth-order valence-electron chi connectivity index (χ4n) is 15.6. The van der Waals surface area contributed by atoms with Gasteiger partial charge in [0.15, 0.2) is 0 Å². The van der Waals surface area contributed by atoms with Crippen LogP contribution >= 0.6 is 0 Å². The van der Waals surface area contributed by atoms with Crippen molar-refractivity contribution in [3.8, 4) is 22.3 Å². The van der Waals surface area contributed by atoms with Crippen molar-refractivity contribution in [2.24, 2.45) is 0 Å². The Balaban J connectivity index is 1.21. The van der Waals surface area contributed by atoms with Crippen LogP contribution < -0.4 is 31.1 Å². The summed E-state index contributed by atoms with van der Waals surface area (Å²) in [5.74, 6) is 0. The van der Waals surface area contributed by atoms with E-state index in [0.717, 1.165) is 23.5 Å². The molecule has 8 aromatic rings. The molecule has 0 radical (unpaired) electrons. The SMILES string of the molecule is CC(C)(C)c1ccc(N(c2ccc(C(C)(C)C)cc2)c2cc3c4c(c2)N2c5c(cc(C(C)(C)C)cc5C5(C)CCCCC25C)B4c2cc4c(cc2N3c2ccc(C(C)(C)C)cc2-c2ccccc2)-c2cc(C(C)(C)C)ccc2C4(C)C)cc1. The maximum Gasteiger partial charge on any atom is 0.252 e. The minimum Gasteiger partial charge on any atom is -0.335 e. The number of benzene rings is 8. The number of rotatable bonds is 5. The number of fused-ring (bicyclic) bond motifs is 10. The summed E-state index contributed by atoms with van der Waals surface area (Å²) in [6.45, 7) is 45.6. The second kappa shape index (κ2) is 18.1. The zero-order valence-corrected chi connectivity index (χ0v) is 53.7. The topological polar surface area (TPSA) is 9.72 Å². The Morgan fingerprint density at radius 1 is 0.398 bits per heavy atom. The third-order valence-electron chi connectivity index (χ3n) is 21.0. The Morgan fingerprint density at radius 2 is 0.916 bits per heavy atom. The molecule has 0 N–H and O–H groups in total. The van der Waals surface area contributed by atoms with Gasteiger partial charge in [-0.05, 0) is 179 Å². The number of nitrogens with zero attached hydrogens (tertiary/aromatic N) is 3. The van der Waals surface area contributed by atoms with Gasteiger partial charge in [-0.25, -0.2) is 0 Å². The van der Waals surface area contributed by atoms with Crippen LogP contribution in [0.1, 0.15) is 202 Å². The van der Waals surface area contributed by atoms with Crippen LogP contribution in [0.2, 0.25) is 0 Å². The van der Waals surface area contributed by atoms with Crippen molar-refractivity contribution < 1.29 is 0 Å². The molecule has 424 valence electrons. The molecule has 0 aromatic heterocycles. The van der Waals surface area contributed by atoms with Crippen LogP contribution in [0.25, 0.3) is 22.3 Å². The average molecular weight is 1090 g/mol. The lowest BCUT2D eigenvalue weighted by atomic mass is 9.33. The van der Waals surface area contributed by atoms with Gasteiger partial charge < -0.3 is 14.7 Å². The first kappa shape index (κ1) is 55.4. The number of hydrogen-bond donors (Lipinski definition) is 0. The highest BCUT2D eigenvalue weighted by Gasteiger charge is 2.62. The first-order chi connectivity index (χ1) is 38.8. The van der Waals surface area contributed by atoms with Crippen LogP contribution in [-0.2, 0) is 37.9 Å². The molecule has 1 fully saturated rings. The molecule has 0 saturated heterocycles. The van der Waals surface area contributed by atoms with Gasteiger partial charge in [-0.3, -0.25) is 0 Å². The van der Waals surface area contributed by atoms with Gasteiger partial charge in [0.05, 0.1) is 16.9 Å². The summed E-state index contributed by atoms with van der Waals surface area (Å²) in [7, 11) is 0. The van der Waals surface area contributed by atoms with Crippen LogP contribution in [0.15, 0.2) is 152 Å². The zero-order valence-electron chi connectivity index (χ0n) is 53.7. The molecule has 8 aromatic carbocycles. The van der Waals surface area contributed by atoms with Gasteiger partial charge in [0.2, 0.25) is 0 Å². The van der Waals surface area contributed by atoms with E-state index in [1.165, 1.54) is 125 Å². The molecular weight excluding hydrogens is 1000 g/mol. The zero-order chi connectivity index (χ0) is 59.1. The first-order valence-electron chi connectivity index (χ1n) is 31.3. The second-order valence-electron chi connectivity index (χ2n) is 31.9. The Hall–Kier alpha value is -6.78. The molecule has 1 saturated carbocycles. The fourth-order valence-corrected chi connectivity index (χ4v) is 15.6. The number of hydrogen-bond acceptors (Lipinski definition) is 3. The van der Waals surface area contributed by atoms with E-state index in [0.29, 0.717) is 0 Å². The molecule has 3 heterocycles. The van der Waals surface area contributed by atoms with E-state index in [1.54, 1.807) is 5.56 Å². The third kappa shape index (κ3) is 8.39. The molecule has 5 aliphatic rings. The first-order valence-corrected chi connectivity index (χ1v) is 31.3. The predicted molar refractivity (Wildman–Crippen MR) is 360 cm³/mol. The van der Waals surface area contributed by atoms with Crippen molar-refractivity contribution in [1.82, 2.24) is 0 Å². The molecular formula is C79H90BN3. The van der Waals surface area contributed by atoms with Crippen LogP contribution in [0.5, 0.6) is 0 Å². The lowest BCUT2D eigenvalue weighted by Crippen LogP contribution is -2.64. The van der Waals surface area contributed by atoms with E-state index in [1.807, 2.05) is 0 Å². The predicted octanol–water partition coefficient (Wildman–Crippen LogP) is 20.0. The molecule has 3 aliphatic heterocycles. The van der Waals surface area contributed by atoms with Gasteiger partial charge in [0, 0.05) is 50.5 Å². The summed E-state index contributed by atoms with van der Waals surface area (Å²) in [6.07, 6.45) is 4.74. The van der Waals surface area contributed by atoms with E-state index in [4.69, 9.17) is 0 Å². The van der Waals surface area contributed by atoms with Crippen LogP contribution in [-0.4, -0.2) is 12.3 Å². The van der Waals surface area contributed by atoms with Gasteiger partial charge in [0.25, 0.3) is 6.71 Å². The van der Waals surface area contributed by atoms with Crippen LogP contribution in [0.3, 0.4) is 0 Å². The summed E-state index contributed by atoms with van der Waals surface area (Å²) in [6, 6.07) is 61.0. The van der Waals surface area contributed by atoms with E-state index in [-0.39, 0.29) is 50.2 Å². The maximum absolute atomic E-state index is 2.94. The minimum absolute atomic E-state index is 0.00379. The molecule has 4 heteroatoms. The van der Waals surface area contributed by atoms with E-state index >= 15 is 0 Å². The van der Waals surface area contributed by atoms with E-state index < -0.39 is 0 Å². The maximum atomic E-state index is 2.94. The normalized spacial score (nSPS) is 19.4. The highest BCUT2D eigenvalue weighted by Crippen LogP contribution is 2.63. The second-order valence-corrected chi connectivity index (χ2v) is 31.9. The summed E-state index contributed by atoms with van der Waals surface area (Å²) in [5, 5.41) is 0. The molecule has 0 bridgehead atoms. The van der Waals surface area contributed by atoms with Crippen LogP contribution in [0, 0.1) is 0 Å². The van der Waals surface area contributed by atoms with Gasteiger partial charge in [-0.2, -0.15) is 0 Å². The van der Waals surface area contributed by atoms with Crippen molar-refractivity contribution >= 4 is 68.6 Å². The fraction of sp³-hybridized carbons (Fsp3) is 0.392. The summed E-state index contributed by atoms with van der Waals surface area (Å²) in [5.41, 5.74) is 30.0. The van der Waals surface area contributed by atoms with Crippen LogP contribution in [0.4, 0.5) is 45.5 Å². The standard InChI is InChI=1S/C79H90BN3/c1-72(2,3)50-27-33-55(34-28-50)81(56-35-29-51(30-36-56)73(4,5)6)57-45-68-70-69(46-57)83-71-63(78(18)39-23-24-40-79(78,83)19)43-54(76(13,14)15)44-65(71)80(70)64-48-62-60(59-42-52(74(7,8)9)31-37-61(59)77(62,16)17)47-67(64)82(68)66-38-32-53(75(10,11)12)41-58(66)49-25-21-20-22-26-49/h20-22,25-38,41-48H,23-24,39-40H2,1-19H3. The third-order valence-corrected chi connectivity index (χ3v) is 21.0. The quantitative estimate of drug-likeness (QED) is 0.159. The Kier molecular flexibility index (Phi) is 12.1. The van der Waals surface area contributed by atoms with Gasteiger partial charge in [-0.1, -0.05) is 235 Å². The number of anilines is 8.